The van der Waals surface area contributed by atoms with Gasteiger partial charge >= 0.3 is 5.97 Å². The number of sulfonamides is 1. The van der Waals surface area contributed by atoms with Crippen LogP contribution in [-0.2, 0) is 14.8 Å². The molecule has 0 saturated heterocycles. The number of benzene rings is 1. The fourth-order valence-corrected chi connectivity index (χ4v) is 2.75. The van der Waals surface area contributed by atoms with E-state index in [2.05, 4.69) is 4.72 Å². The van der Waals surface area contributed by atoms with E-state index in [0.29, 0.717) is 0 Å². The van der Waals surface area contributed by atoms with Crippen molar-refractivity contribution in [2.45, 2.75) is 18.2 Å². The van der Waals surface area contributed by atoms with Gasteiger partial charge in [0.1, 0.15) is 0 Å². The van der Waals surface area contributed by atoms with Crippen LogP contribution >= 0.6 is 0 Å². The average Bonchev–Trinajstić information content (AvgIpc) is 2.27. The quantitative estimate of drug-likeness (QED) is 0.584. The number of nitro benzene ring substituents is 1. The number of nitro groups is 1. The smallest absolute Gasteiger partial charge is 0.304 e. The monoisotopic (exact) mass is 288 g/mol. The van der Waals surface area contributed by atoms with Gasteiger partial charge < -0.3 is 5.11 Å². The van der Waals surface area contributed by atoms with E-state index in [1.54, 1.807) is 0 Å². The lowest BCUT2D eigenvalue weighted by Crippen LogP contribution is -2.27. The molecule has 0 saturated carbocycles. The molecule has 0 atom stereocenters. The van der Waals surface area contributed by atoms with Crippen LogP contribution in [0.1, 0.15) is 12.0 Å². The third-order valence-corrected chi connectivity index (χ3v) is 3.98. The first-order chi connectivity index (χ1) is 8.75. The molecule has 0 amide bonds. The molecular formula is C10H12N2O6S. The second kappa shape index (κ2) is 5.76. The number of carboxylic acids is 1. The summed E-state index contributed by atoms with van der Waals surface area (Å²) in [5.41, 5.74) is -0.295. The summed E-state index contributed by atoms with van der Waals surface area (Å²) < 4.78 is 25.8. The van der Waals surface area contributed by atoms with E-state index in [4.69, 9.17) is 5.11 Å². The Hall–Kier alpha value is -2.00. The lowest BCUT2D eigenvalue weighted by Gasteiger charge is -2.08. The van der Waals surface area contributed by atoms with Gasteiger partial charge in [-0.15, -0.1) is 0 Å². The van der Waals surface area contributed by atoms with E-state index in [1.807, 2.05) is 0 Å². The number of carboxylic acid groups (broad SMARTS) is 1. The third kappa shape index (κ3) is 3.73. The molecule has 0 fully saturated rings. The lowest BCUT2D eigenvalue weighted by atomic mass is 10.2. The van der Waals surface area contributed by atoms with Crippen LogP contribution in [0.3, 0.4) is 0 Å². The number of hydrogen-bond acceptors (Lipinski definition) is 5. The van der Waals surface area contributed by atoms with Crippen molar-refractivity contribution in [2.75, 3.05) is 6.54 Å². The number of rotatable bonds is 6. The molecule has 104 valence electrons. The van der Waals surface area contributed by atoms with Crippen LogP contribution < -0.4 is 4.72 Å². The molecule has 0 heterocycles. The number of hydrogen-bond donors (Lipinski definition) is 2. The molecule has 2 N–H and O–H groups in total. The second-order valence-electron chi connectivity index (χ2n) is 3.70. The first kappa shape index (κ1) is 15.1. The fourth-order valence-electron chi connectivity index (χ4n) is 1.46. The summed E-state index contributed by atoms with van der Waals surface area (Å²) in [5.74, 6) is -1.14. The Labute approximate surface area is 109 Å². The first-order valence-electron chi connectivity index (χ1n) is 5.21. The number of aliphatic carboxylic acids is 1. The predicted octanol–water partition coefficient (Wildman–Crippen LogP) is 0.656. The second-order valence-corrected chi connectivity index (χ2v) is 5.43. The van der Waals surface area contributed by atoms with E-state index in [9.17, 15) is 23.3 Å². The van der Waals surface area contributed by atoms with Gasteiger partial charge in [-0.05, 0) is 13.0 Å². The standard InChI is InChI=1S/C10H12N2O6S/c1-7-8(12(15)16)3-2-4-9(7)19(17,18)11-6-5-10(13)14/h2-4,11H,5-6H2,1H3,(H,13,14). The van der Waals surface area contributed by atoms with E-state index >= 15 is 0 Å². The molecule has 19 heavy (non-hydrogen) atoms. The Kier molecular flexibility index (Phi) is 4.57. The summed E-state index contributed by atoms with van der Waals surface area (Å²) in [4.78, 5) is 20.1. The predicted molar refractivity (Wildman–Crippen MR) is 65.3 cm³/mol. The zero-order chi connectivity index (χ0) is 14.6. The molecule has 1 rings (SSSR count). The Morgan fingerprint density at radius 2 is 2.11 bits per heavy atom. The molecule has 1 aromatic rings. The maximum Gasteiger partial charge on any atom is 0.304 e. The first-order valence-corrected chi connectivity index (χ1v) is 6.69. The molecule has 1 aromatic carbocycles. The number of carbonyl (C=O) groups is 1. The molecule has 0 bridgehead atoms. The van der Waals surface area contributed by atoms with Crippen LogP contribution in [0.2, 0.25) is 0 Å². The average molecular weight is 288 g/mol. The van der Waals surface area contributed by atoms with Crippen molar-refractivity contribution in [2.24, 2.45) is 0 Å². The fraction of sp³-hybridized carbons (Fsp3) is 0.300. The number of nitrogens with zero attached hydrogens (tertiary/aromatic N) is 1. The van der Waals surface area contributed by atoms with Crippen molar-refractivity contribution < 1.29 is 23.2 Å². The van der Waals surface area contributed by atoms with E-state index in [1.165, 1.54) is 25.1 Å². The summed E-state index contributed by atoms with van der Waals surface area (Å²) in [7, 11) is -3.96. The van der Waals surface area contributed by atoms with Crippen LogP contribution in [0.15, 0.2) is 23.1 Å². The van der Waals surface area contributed by atoms with Crippen LogP contribution in [0.5, 0.6) is 0 Å². The van der Waals surface area contributed by atoms with Crippen LogP contribution in [0.25, 0.3) is 0 Å². The van der Waals surface area contributed by atoms with Crippen molar-refractivity contribution in [3.05, 3.63) is 33.9 Å². The maximum atomic E-state index is 11.9. The van der Waals surface area contributed by atoms with Crippen molar-refractivity contribution in [1.29, 1.82) is 0 Å². The van der Waals surface area contributed by atoms with Crippen molar-refractivity contribution in [3.8, 4) is 0 Å². The van der Waals surface area contributed by atoms with E-state index in [0.717, 1.165) is 0 Å². The van der Waals surface area contributed by atoms with Crippen LogP contribution in [0.4, 0.5) is 5.69 Å². The largest absolute Gasteiger partial charge is 0.481 e. The molecule has 0 unspecified atom stereocenters. The molecule has 0 aliphatic carbocycles. The topological polar surface area (TPSA) is 127 Å². The summed E-state index contributed by atoms with van der Waals surface area (Å²) >= 11 is 0. The van der Waals surface area contributed by atoms with Crippen molar-refractivity contribution in [3.63, 3.8) is 0 Å². The minimum atomic E-state index is -3.96. The lowest BCUT2D eigenvalue weighted by molar-refractivity contribution is -0.385. The van der Waals surface area contributed by atoms with Gasteiger partial charge in [0, 0.05) is 18.2 Å². The van der Waals surface area contributed by atoms with Gasteiger partial charge in [0.2, 0.25) is 10.0 Å². The summed E-state index contributed by atoms with van der Waals surface area (Å²) in [6, 6.07) is 3.69. The Bertz CT molecular complexity index is 610. The molecule has 0 aromatic heterocycles. The highest BCUT2D eigenvalue weighted by molar-refractivity contribution is 7.89. The summed E-state index contributed by atoms with van der Waals surface area (Å²) in [6.07, 6.45) is -0.368. The van der Waals surface area contributed by atoms with Crippen molar-refractivity contribution in [1.82, 2.24) is 4.72 Å². The molecule has 9 heteroatoms. The Morgan fingerprint density at radius 1 is 1.47 bits per heavy atom. The van der Waals surface area contributed by atoms with E-state index < -0.39 is 20.9 Å². The highest BCUT2D eigenvalue weighted by Gasteiger charge is 2.22. The molecule has 0 spiro atoms. The van der Waals surface area contributed by atoms with Gasteiger partial charge in [-0.1, -0.05) is 6.07 Å². The van der Waals surface area contributed by atoms with Gasteiger partial charge in [-0.2, -0.15) is 0 Å². The highest BCUT2D eigenvalue weighted by atomic mass is 32.2. The Balaban J connectivity index is 3.05. The highest BCUT2D eigenvalue weighted by Crippen LogP contribution is 2.24. The minimum Gasteiger partial charge on any atom is -0.481 e. The summed E-state index contributed by atoms with van der Waals surface area (Å²) in [6.45, 7) is 1.05. The molecule has 0 aliphatic rings. The Morgan fingerprint density at radius 3 is 2.63 bits per heavy atom. The van der Waals surface area contributed by atoms with Gasteiger partial charge in [0.05, 0.1) is 16.2 Å². The third-order valence-electron chi connectivity index (χ3n) is 2.37. The molecule has 0 radical (unpaired) electrons. The van der Waals surface area contributed by atoms with E-state index in [-0.39, 0.29) is 29.1 Å². The summed E-state index contributed by atoms with van der Waals surface area (Å²) in [5, 5.41) is 19.1. The van der Waals surface area contributed by atoms with Gasteiger partial charge in [0.25, 0.3) is 5.69 Å². The maximum absolute atomic E-state index is 11.9. The van der Waals surface area contributed by atoms with Gasteiger partial charge in [-0.25, -0.2) is 13.1 Å². The normalized spacial score (nSPS) is 11.2. The van der Waals surface area contributed by atoms with Crippen LogP contribution in [0, 0.1) is 17.0 Å². The zero-order valence-electron chi connectivity index (χ0n) is 9.99. The van der Waals surface area contributed by atoms with Crippen LogP contribution in [-0.4, -0.2) is 31.0 Å². The molecular weight excluding hydrogens is 276 g/mol. The van der Waals surface area contributed by atoms with Crippen molar-refractivity contribution >= 4 is 21.7 Å². The SMILES string of the molecule is Cc1c([N+](=O)[O-])cccc1S(=O)(=O)NCCC(=O)O. The van der Waals surface area contributed by atoms with Gasteiger partial charge in [0.15, 0.2) is 0 Å². The zero-order valence-corrected chi connectivity index (χ0v) is 10.8. The minimum absolute atomic E-state index is 0.00956. The molecule has 0 aliphatic heterocycles. The number of nitrogens with one attached hydrogen (secondary N) is 1. The molecule has 8 nitrogen and oxygen atoms in total. The van der Waals surface area contributed by atoms with Gasteiger partial charge in [-0.3, -0.25) is 14.9 Å².